The van der Waals surface area contributed by atoms with Crippen LogP contribution in [-0.2, 0) is 6.42 Å². The topological polar surface area (TPSA) is 0 Å². The molecule has 0 bridgehead atoms. The van der Waals surface area contributed by atoms with Crippen molar-refractivity contribution >= 4 is 63.7 Å². The summed E-state index contributed by atoms with van der Waals surface area (Å²) in [6.45, 7) is 0. The van der Waals surface area contributed by atoms with E-state index in [1.54, 1.807) is 0 Å². The summed E-state index contributed by atoms with van der Waals surface area (Å²) in [5, 5.41) is 0. The van der Waals surface area contributed by atoms with Crippen LogP contribution >= 0.6 is 63.7 Å². The molecule has 4 heteroatoms. The molecule has 4 aromatic carbocycles. The first kappa shape index (κ1) is 19.7. The van der Waals surface area contributed by atoms with Crippen molar-refractivity contribution in [3.05, 3.63) is 102 Å². The van der Waals surface area contributed by atoms with E-state index in [1.807, 2.05) is 0 Å². The Morgan fingerprint density at radius 1 is 0.517 bits per heavy atom. The van der Waals surface area contributed by atoms with Crippen molar-refractivity contribution < 1.29 is 0 Å². The SMILES string of the molecule is Brc1cc(Br)cc(-c2ccc3c(c2-c2cc(Br)cc(Br)c2)Cc2ccccc2-3)c1. The van der Waals surface area contributed by atoms with Gasteiger partial charge in [-0.25, -0.2) is 0 Å². The van der Waals surface area contributed by atoms with E-state index in [-0.39, 0.29) is 0 Å². The summed E-state index contributed by atoms with van der Waals surface area (Å²) in [7, 11) is 0. The molecular weight excluding hydrogens is 620 g/mol. The molecule has 0 unspecified atom stereocenters. The summed E-state index contributed by atoms with van der Waals surface area (Å²) in [6, 6.07) is 26.2. The second kappa shape index (κ2) is 7.81. The largest absolute Gasteiger partial charge is 0.0619 e. The van der Waals surface area contributed by atoms with Crippen LogP contribution in [0.4, 0.5) is 0 Å². The fraction of sp³-hybridized carbons (Fsp3) is 0.0400. The Morgan fingerprint density at radius 3 is 1.72 bits per heavy atom. The normalized spacial score (nSPS) is 12.0. The van der Waals surface area contributed by atoms with E-state index in [0.29, 0.717) is 0 Å². The first-order valence-electron chi connectivity index (χ1n) is 9.17. The molecule has 0 aliphatic heterocycles. The van der Waals surface area contributed by atoms with Gasteiger partial charge >= 0.3 is 0 Å². The van der Waals surface area contributed by atoms with E-state index < -0.39 is 0 Å². The predicted octanol–water partition coefficient (Wildman–Crippen LogP) is 9.64. The van der Waals surface area contributed by atoms with Crippen LogP contribution in [0.15, 0.2) is 90.7 Å². The second-order valence-corrected chi connectivity index (χ2v) is 10.8. The highest BCUT2D eigenvalue weighted by atomic mass is 79.9. The summed E-state index contributed by atoms with van der Waals surface area (Å²) in [5.74, 6) is 0. The summed E-state index contributed by atoms with van der Waals surface area (Å²) in [5.41, 5.74) is 10.4. The maximum atomic E-state index is 3.68. The molecule has 29 heavy (non-hydrogen) atoms. The summed E-state index contributed by atoms with van der Waals surface area (Å²) >= 11 is 14.7. The molecule has 0 N–H and O–H groups in total. The highest BCUT2D eigenvalue weighted by molar-refractivity contribution is 9.11. The molecule has 0 saturated carbocycles. The standard InChI is InChI=1S/C25H14Br4/c26-17-7-15(8-18(27)12-17)22-5-6-23-21-4-2-1-3-14(21)11-24(23)25(22)16-9-19(28)13-20(29)10-16/h1-10,12-13H,11H2. The van der Waals surface area contributed by atoms with Crippen molar-refractivity contribution in [1.29, 1.82) is 0 Å². The third-order valence-electron chi connectivity index (χ3n) is 5.31. The zero-order valence-electron chi connectivity index (χ0n) is 15.1. The first-order chi connectivity index (χ1) is 14.0. The summed E-state index contributed by atoms with van der Waals surface area (Å²) in [4.78, 5) is 0. The van der Waals surface area contributed by atoms with Gasteiger partial charge in [0.25, 0.3) is 0 Å². The highest BCUT2D eigenvalue weighted by Crippen LogP contribution is 2.47. The molecule has 0 saturated heterocycles. The number of benzene rings is 4. The van der Waals surface area contributed by atoms with E-state index >= 15 is 0 Å². The van der Waals surface area contributed by atoms with Crippen LogP contribution in [-0.4, -0.2) is 0 Å². The molecule has 1 aliphatic carbocycles. The minimum atomic E-state index is 0.952. The molecule has 0 amide bonds. The van der Waals surface area contributed by atoms with Crippen molar-refractivity contribution in [2.75, 3.05) is 0 Å². The smallest absolute Gasteiger partial charge is 0.0192 e. The molecule has 0 spiro atoms. The third-order valence-corrected chi connectivity index (χ3v) is 7.14. The fourth-order valence-corrected chi connectivity index (χ4v) is 6.78. The van der Waals surface area contributed by atoms with E-state index in [9.17, 15) is 0 Å². The first-order valence-corrected chi connectivity index (χ1v) is 12.3. The van der Waals surface area contributed by atoms with Gasteiger partial charge < -0.3 is 0 Å². The monoisotopic (exact) mass is 630 g/mol. The Kier molecular flexibility index (Phi) is 5.32. The molecule has 1 aliphatic rings. The average molecular weight is 634 g/mol. The van der Waals surface area contributed by atoms with Crippen LogP contribution in [0, 0.1) is 0 Å². The van der Waals surface area contributed by atoms with Gasteiger partial charge in [-0.1, -0.05) is 100 Å². The van der Waals surface area contributed by atoms with Gasteiger partial charge in [-0.05, 0) is 87.3 Å². The van der Waals surface area contributed by atoms with E-state index in [1.165, 1.54) is 44.5 Å². The van der Waals surface area contributed by atoms with Crippen LogP contribution < -0.4 is 0 Å². The van der Waals surface area contributed by atoms with Gasteiger partial charge in [0.15, 0.2) is 0 Å². The van der Waals surface area contributed by atoms with Gasteiger partial charge in [-0.15, -0.1) is 0 Å². The van der Waals surface area contributed by atoms with Gasteiger partial charge in [-0.3, -0.25) is 0 Å². The molecule has 5 rings (SSSR count). The maximum Gasteiger partial charge on any atom is 0.0192 e. The van der Waals surface area contributed by atoms with Gasteiger partial charge in [0.1, 0.15) is 0 Å². The van der Waals surface area contributed by atoms with Crippen LogP contribution in [0.25, 0.3) is 33.4 Å². The zero-order chi connectivity index (χ0) is 20.1. The molecular formula is C25H14Br4. The van der Waals surface area contributed by atoms with Gasteiger partial charge in [0, 0.05) is 17.9 Å². The zero-order valence-corrected chi connectivity index (χ0v) is 21.5. The maximum absolute atomic E-state index is 3.68. The van der Waals surface area contributed by atoms with Crippen molar-refractivity contribution in [3.63, 3.8) is 0 Å². The van der Waals surface area contributed by atoms with Crippen molar-refractivity contribution in [1.82, 2.24) is 0 Å². The number of hydrogen-bond acceptors (Lipinski definition) is 0. The Hall–Kier alpha value is -1.20. The lowest BCUT2D eigenvalue weighted by Crippen LogP contribution is -1.94. The Morgan fingerprint density at radius 2 is 1.07 bits per heavy atom. The Balaban J connectivity index is 1.84. The minimum Gasteiger partial charge on any atom is -0.0619 e. The van der Waals surface area contributed by atoms with Crippen LogP contribution in [0.1, 0.15) is 11.1 Å². The molecule has 4 aromatic rings. The fourth-order valence-electron chi connectivity index (χ4n) is 4.19. The van der Waals surface area contributed by atoms with Crippen LogP contribution in [0.5, 0.6) is 0 Å². The molecule has 0 aromatic heterocycles. The number of hydrogen-bond donors (Lipinski definition) is 0. The van der Waals surface area contributed by atoms with Crippen molar-refractivity contribution in [2.24, 2.45) is 0 Å². The lowest BCUT2D eigenvalue weighted by Gasteiger charge is -2.17. The Bertz CT molecular complexity index is 1230. The van der Waals surface area contributed by atoms with E-state index in [0.717, 1.165) is 24.3 Å². The summed E-state index contributed by atoms with van der Waals surface area (Å²) in [6.07, 6.45) is 0.952. The quantitative estimate of drug-likeness (QED) is 0.182. The van der Waals surface area contributed by atoms with E-state index in [4.69, 9.17) is 0 Å². The molecule has 0 fully saturated rings. The second-order valence-electron chi connectivity index (χ2n) is 7.16. The van der Waals surface area contributed by atoms with Crippen LogP contribution in [0.2, 0.25) is 0 Å². The number of fused-ring (bicyclic) bond motifs is 3. The predicted molar refractivity (Wildman–Crippen MR) is 136 cm³/mol. The lowest BCUT2D eigenvalue weighted by molar-refractivity contribution is 1.26. The molecule has 0 atom stereocenters. The molecule has 142 valence electrons. The van der Waals surface area contributed by atoms with Gasteiger partial charge in [0.05, 0.1) is 0 Å². The minimum absolute atomic E-state index is 0.952. The summed E-state index contributed by atoms with van der Waals surface area (Å²) < 4.78 is 4.26. The lowest BCUT2D eigenvalue weighted by atomic mass is 9.88. The van der Waals surface area contributed by atoms with Gasteiger partial charge in [0.2, 0.25) is 0 Å². The molecule has 0 heterocycles. The molecule has 0 nitrogen and oxygen atoms in total. The van der Waals surface area contributed by atoms with Crippen LogP contribution in [0.3, 0.4) is 0 Å². The van der Waals surface area contributed by atoms with Crippen molar-refractivity contribution in [2.45, 2.75) is 6.42 Å². The van der Waals surface area contributed by atoms with E-state index in [2.05, 4.69) is 137 Å². The highest BCUT2D eigenvalue weighted by Gasteiger charge is 2.24. The molecule has 0 radical (unpaired) electrons. The van der Waals surface area contributed by atoms with Gasteiger partial charge in [-0.2, -0.15) is 0 Å². The van der Waals surface area contributed by atoms with Crippen molar-refractivity contribution in [3.8, 4) is 33.4 Å². The number of rotatable bonds is 2. The number of halogens is 4. The third kappa shape index (κ3) is 3.69. The average Bonchev–Trinajstić information content (AvgIpc) is 3.04. The Labute approximate surface area is 203 Å².